The zero-order valence-corrected chi connectivity index (χ0v) is 8.52. The Labute approximate surface area is 72.0 Å². The molecule has 0 aliphatic carbocycles. The van der Waals surface area contributed by atoms with E-state index in [9.17, 15) is 4.57 Å². The van der Waals surface area contributed by atoms with Gasteiger partial charge in [-0.2, -0.15) is 0 Å². The fourth-order valence-electron chi connectivity index (χ4n) is 0.199. The number of nitrogens with zero attached hydrogens (tertiary/aromatic N) is 1. The molecule has 0 saturated heterocycles. The summed E-state index contributed by atoms with van der Waals surface area (Å²) in [7, 11) is 1.53. The molecule has 7 heteroatoms. The number of aliphatic hydroxyl groups excluding tert-OH is 1. The van der Waals surface area contributed by atoms with Gasteiger partial charge < -0.3 is 19.8 Å². The fourth-order valence-corrected chi connectivity index (χ4v) is 0.596. The zero-order valence-electron chi connectivity index (χ0n) is 7.63. The highest BCUT2D eigenvalue weighted by Gasteiger charge is 2.16. The largest absolute Gasteiger partial charge is 0.471 e. The van der Waals surface area contributed by atoms with Gasteiger partial charge in [-0.1, -0.05) is 0 Å². The fraction of sp³-hybridized carbons (Fsp3) is 1.00. The van der Waals surface area contributed by atoms with Crippen LogP contribution in [-0.2, 0) is 9.09 Å². The van der Waals surface area contributed by atoms with Gasteiger partial charge in [-0.05, 0) is 28.1 Å². The van der Waals surface area contributed by atoms with Crippen LogP contribution in [0.1, 0.15) is 6.92 Å². The molecule has 0 aromatic carbocycles. The van der Waals surface area contributed by atoms with Gasteiger partial charge in [-0.15, -0.1) is 0 Å². The van der Waals surface area contributed by atoms with Gasteiger partial charge in [0.15, 0.2) is 6.29 Å². The second kappa shape index (κ2) is 6.54. The van der Waals surface area contributed by atoms with Crippen molar-refractivity contribution < 1.29 is 24.0 Å². The van der Waals surface area contributed by atoms with E-state index in [1.807, 2.05) is 26.0 Å². The van der Waals surface area contributed by atoms with Gasteiger partial charge in [-0.25, -0.2) is 4.57 Å². The van der Waals surface area contributed by atoms with Crippen molar-refractivity contribution in [1.29, 1.82) is 0 Å². The van der Waals surface area contributed by atoms with Gasteiger partial charge in [0.25, 0.3) is 0 Å². The van der Waals surface area contributed by atoms with Crippen LogP contribution in [0.5, 0.6) is 0 Å². The lowest BCUT2D eigenvalue weighted by Gasteiger charge is -2.05. The topological polar surface area (TPSA) is 90.2 Å². The minimum atomic E-state index is -4.47. The monoisotopic (exact) mass is 201 g/mol. The molecular formula is C5H16NO5P. The molecular weight excluding hydrogens is 185 g/mol. The van der Waals surface area contributed by atoms with Crippen LogP contribution in [0, 0.1) is 0 Å². The quantitative estimate of drug-likeness (QED) is 0.416. The lowest BCUT2D eigenvalue weighted by atomic mass is 10.8. The molecule has 0 aromatic rings. The van der Waals surface area contributed by atoms with Gasteiger partial charge in [0.1, 0.15) is 0 Å². The van der Waals surface area contributed by atoms with Crippen LogP contribution >= 0.6 is 7.82 Å². The van der Waals surface area contributed by atoms with Crippen LogP contribution in [0.2, 0.25) is 0 Å². The second-order valence-electron chi connectivity index (χ2n) is 2.54. The summed E-state index contributed by atoms with van der Waals surface area (Å²) in [5.41, 5.74) is 0. The lowest BCUT2D eigenvalue weighted by molar-refractivity contribution is -0.0209. The molecule has 0 fully saturated rings. The molecule has 0 aromatic heterocycles. The molecule has 0 aliphatic heterocycles. The van der Waals surface area contributed by atoms with Crippen LogP contribution in [-0.4, -0.2) is 47.2 Å². The maximum atomic E-state index is 9.75. The number of aliphatic hydroxyl groups is 1. The van der Waals surface area contributed by atoms with E-state index in [0.29, 0.717) is 0 Å². The predicted octanol–water partition coefficient (Wildman–Crippen LogP) is -0.388. The molecule has 1 unspecified atom stereocenters. The van der Waals surface area contributed by atoms with Crippen LogP contribution in [0.15, 0.2) is 0 Å². The van der Waals surface area contributed by atoms with Gasteiger partial charge in [0.2, 0.25) is 0 Å². The highest BCUT2D eigenvalue weighted by molar-refractivity contribution is 7.46. The normalized spacial score (nSPS) is 13.7. The summed E-state index contributed by atoms with van der Waals surface area (Å²) in [6.45, 7) is 1.11. The van der Waals surface area contributed by atoms with E-state index in [1.54, 1.807) is 0 Å². The first-order valence-electron chi connectivity index (χ1n) is 3.18. The van der Waals surface area contributed by atoms with Crippen molar-refractivity contribution >= 4 is 7.82 Å². The molecule has 0 radical (unpaired) electrons. The first-order chi connectivity index (χ1) is 5.15. The summed E-state index contributed by atoms with van der Waals surface area (Å²) in [5, 5.41) is 8.17. The third-order valence-electron chi connectivity index (χ3n) is 0.290. The van der Waals surface area contributed by atoms with Gasteiger partial charge in [-0.3, -0.25) is 4.52 Å². The Morgan fingerprint density at radius 3 is 1.58 bits per heavy atom. The van der Waals surface area contributed by atoms with Crippen molar-refractivity contribution in [2.75, 3.05) is 21.1 Å². The summed E-state index contributed by atoms with van der Waals surface area (Å²) in [5.74, 6) is 0. The molecule has 0 heterocycles. The maximum Gasteiger partial charge on any atom is 0.471 e. The van der Waals surface area contributed by atoms with Crippen molar-refractivity contribution in [3.05, 3.63) is 0 Å². The predicted molar refractivity (Wildman–Crippen MR) is 44.4 cm³/mol. The molecule has 0 amide bonds. The van der Waals surface area contributed by atoms with Crippen molar-refractivity contribution in [2.24, 2.45) is 0 Å². The average Bonchev–Trinajstić information content (AvgIpc) is 1.52. The molecule has 3 N–H and O–H groups in total. The molecule has 76 valence electrons. The molecule has 0 spiro atoms. The minimum absolute atomic E-state index is 1.11. The van der Waals surface area contributed by atoms with Gasteiger partial charge in [0.05, 0.1) is 0 Å². The highest BCUT2D eigenvalue weighted by atomic mass is 31.2. The molecule has 6 nitrogen and oxygen atoms in total. The molecule has 0 bridgehead atoms. The van der Waals surface area contributed by atoms with Crippen LogP contribution in [0.25, 0.3) is 0 Å². The van der Waals surface area contributed by atoms with E-state index in [4.69, 9.17) is 14.9 Å². The van der Waals surface area contributed by atoms with Crippen LogP contribution < -0.4 is 0 Å². The molecule has 12 heavy (non-hydrogen) atoms. The minimum Gasteiger partial charge on any atom is -0.368 e. The van der Waals surface area contributed by atoms with Crippen molar-refractivity contribution in [1.82, 2.24) is 4.90 Å². The standard InChI is InChI=1S/C3H9N.C2H7O5P/c1-4(2)3;1-2(3)7-8(4,5)6/h1-3H3;2-3H,1H3,(H2,4,5,6). The Bertz CT molecular complexity index is 140. The molecule has 0 saturated carbocycles. The summed E-state index contributed by atoms with van der Waals surface area (Å²) in [6, 6.07) is 0. The van der Waals surface area contributed by atoms with E-state index >= 15 is 0 Å². The molecule has 1 atom stereocenters. The summed E-state index contributed by atoms with van der Waals surface area (Å²) in [6.07, 6.45) is -1.42. The number of phosphoric ester groups is 1. The number of phosphoric acid groups is 1. The maximum absolute atomic E-state index is 9.75. The van der Waals surface area contributed by atoms with Crippen LogP contribution in [0.3, 0.4) is 0 Å². The average molecular weight is 201 g/mol. The molecule has 0 rings (SSSR count). The Kier molecular flexibility index (Phi) is 7.92. The number of hydrogen-bond acceptors (Lipinski definition) is 4. The van der Waals surface area contributed by atoms with Crippen molar-refractivity contribution in [2.45, 2.75) is 13.2 Å². The van der Waals surface area contributed by atoms with Crippen molar-refractivity contribution in [3.8, 4) is 0 Å². The lowest BCUT2D eigenvalue weighted by Crippen LogP contribution is -2.02. The Morgan fingerprint density at radius 1 is 1.33 bits per heavy atom. The second-order valence-corrected chi connectivity index (χ2v) is 3.73. The first kappa shape index (κ1) is 14.5. The third-order valence-corrected chi connectivity index (χ3v) is 0.870. The SMILES string of the molecule is CC(O)OP(=O)(O)O.CN(C)C. The Balaban J connectivity index is 0. The van der Waals surface area contributed by atoms with Crippen LogP contribution in [0.4, 0.5) is 0 Å². The van der Waals surface area contributed by atoms with Gasteiger partial charge in [0, 0.05) is 0 Å². The molecule has 0 aliphatic rings. The number of hydrogen-bond donors (Lipinski definition) is 3. The summed E-state index contributed by atoms with van der Waals surface area (Å²) >= 11 is 0. The summed E-state index contributed by atoms with van der Waals surface area (Å²) in [4.78, 5) is 17.8. The first-order valence-corrected chi connectivity index (χ1v) is 4.71. The van der Waals surface area contributed by atoms with E-state index in [0.717, 1.165) is 6.92 Å². The van der Waals surface area contributed by atoms with E-state index in [2.05, 4.69) is 4.52 Å². The van der Waals surface area contributed by atoms with E-state index in [1.165, 1.54) is 0 Å². The highest BCUT2D eigenvalue weighted by Crippen LogP contribution is 2.36. The summed E-state index contributed by atoms with van der Waals surface area (Å²) < 4.78 is 13.4. The van der Waals surface area contributed by atoms with Crippen molar-refractivity contribution in [3.63, 3.8) is 0 Å². The van der Waals surface area contributed by atoms with E-state index < -0.39 is 14.1 Å². The Morgan fingerprint density at radius 2 is 1.58 bits per heavy atom. The van der Waals surface area contributed by atoms with Gasteiger partial charge >= 0.3 is 7.82 Å². The zero-order chi connectivity index (χ0) is 10.4. The van der Waals surface area contributed by atoms with E-state index in [-0.39, 0.29) is 0 Å². The smallest absolute Gasteiger partial charge is 0.368 e. The number of rotatable bonds is 2. The Hall–Kier alpha value is 0.0300. The third kappa shape index (κ3) is 32.3.